The van der Waals surface area contributed by atoms with Crippen LogP contribution in [-0.4, -0.2) is 15.5 Å². The second kappa shape index (κ2) is 2.59. The first-order valence-electron chi connectivity index (χ1n) is 3.50. The molecule has 1 N–H and O–H groups in total. The van der Waals surface area contributed by atoms with Crippen molar-refractivity contribution in [2.75, 3.05) is 0 Å². The van der Waals surface area contributed by atoms with Crippen molar-refractivity contribution in [2.24, 2.45) is 0 Å². The molecular weight excluding hydrogens is 180 g/mol. The highest BCUT2D eigenvalue weighted by Gasteiger charge is 2.32. The minimum absolute atomic E-state index is 0.00521. The molecule has 1 rings (SSSR count). The van der Waals surface area contributed by atoms with Gasteiger partial charge >= 0.3 is 0 Å². The number of rotatable bonds is 0. The van der Waals surface area contributed by atoms with E-state index in [9.17, 15) is 5.11 Å². The van der Waals surface area contributed by atoms with Crippen molar-refractivity contribution in [1.82, 2.24) is 0 Å². The average Bonchev–Trinajstić information content (AvgIpc) is 1.77. The van der Waals surface area contributed by atoms with Gasteiger partial charge in [-0.2, -0.15) is 0 Å². The van der Waals surface area contributed by atoms with E-state index in [4.69, 9.17) is 0 Å². The number of alkyl halides is 1. The predicted molar refractivity (Wildman–Crippen MR) is 41.8 cm³/mol. The summed E-state index contributed by atoms with van der Waals surface area (Å²) in [6.45, 7) is 2.07. The van der Waals surface area contributed by atoms with Crippen LogP contribution in [0, 0.1) is 0 Å². The molecule has 0 bridgehead atoms. The molecule has 0 aromatic carbocycles. The summed E-state index contributed by atoms with van der Waals surface area (Å²) in [6, 6.07) is 0. The van der Waals surface area contributed by atoms with E-state index in [2.05, 4.69) is 22.9 Å². The molecule has 54 valence electrons. The summed E-state index contributed by atoms with van der Waals surface area (Å²) >= 11 is 3.51. The Morgan fingerprint density at radius 2 is 2.22 bits per heavy atom. The third kappa shape index (κ3) is 1.68. The lowest BCUT2D eigenvalue weighted by molar-refractivity contribution is 0.101. The van der Waals surface area contributed by atoms with Crippen LogP contribution in [0.15, 0.2) is 0 Å². The van der Waals surface area contributed by atoms with Gasteiger partial charge in [-0.3, -0.25) is 0 Å². The van der Waals surface area contributed by atoms with Crippen LogP contribution < -0.4 is 0 Å². The second-order valence-electron chi connectivity index (χ2n) is 3.04. The lowest BCUT2D eigenvalue weighted by Crippen LogP contribution is -2.35. The maximum absolute atomic E-state index is 9.39. The van der Waals surface area contributed by atoms with Gasteiger partial charge < -0.3 is 5.11 Å². The Morgan fingerprint density at radius 3 is 2.56 bits per heavy atom. The molecule has 0 amide bonds. The molecule has 1 fully saturated rings. The molecule has 1 nitrogen and oxygen atoms in total. The summed E-state index contributed by atoms with van der Waals surface area (Å²) < 4.78 is 0.00521. The molecule has 2 unspecified atom stereocenters. The van der Waals surface area contributed by atoms with E-state index in [1.165, 1.54) is 12.8 Å². The largest absolute Gasteiger partial charge is 0.392 e. The zero-order valence-electron chi connectivity index (χ0n) is 5.73. The standard InChI is InChI=1S/C7H13BrO/c1-7(8)5-3-2-4-6(7)9/h6,9H,2-5H2,1H3. The van der Waals surface area contributed by atoms with Crippen LogP contribution >= 0.6 is 15.9 Å². The molecule has 0 saturated heterocycles. The Balaban J connectivity index is 2.49. The zero-order chi connectivity index (χ0) is 6.91. The monoisotopic (exact) mass is 192 g/mol. The minimum atomic E-state index is -0.133. The van der Waals surface area contributed by atoms with E-state index >= 15 is 0 Å². The van der Waals surface area contributed by atoms with Crippen molar-refractivity contribution < 1.29 is 5.11 Å². The Hall–Kier alpha value is 0.440. The van der Waals surface area contributed by atoms with Gasteiger partial charge in [0.15, 0.2) is 0 Å². The van der Waals surface area contributed by atoms with Gasteiger partial charge in [-0.15, -0.1) is 0 Å². The molecule has 9 heavy (non-hydrogen) atoms. The SMILES string of the molecule is CC1(Br)CCCCC1O. The normalized spacial score (nSPS) is 45.0. The molecule has 1 aliphatic carbocycles. The molecule has 1 saturated carbocycles. The van der Waals surface area contributed by atoms with Gasteiger partial charge in [0.2, 0.25) is 0 Å². The number of halogens is 1. The third-order valence-electron chi connectivity index (χ3n) is 2.09. The molecule has 0 heterocycles. The summed E-state index contributed by atoms with van der Waals surface area (Å²) in [5.74, 6) is 0. The first-order valence-corrected chi connectivity index (χ1v) is 4.29. The van der Waals surface area contributed by atoms with Gasteiger partial charge in [-0.25, -0.2) is 0 Å². The fourth-order valence-corrected chi connectivity index (χ4v) is 1.79. The van der Waals surface area contributed by atoms with Crippen LogP contribution in [0.3, 0.4) is 0 Å². The van der Waals surface area contributed by atoms with E-state index in [1.54, 1.807) is 0 Å². The summed E-state index contributed by atoms with van der Waals surface area (Å²) in [4.78, 5) is 0. The molecule has 0 aliphatic heterocycles. The van der Waals surface area contributed by atoms with Crippen LogP contribution in [0.4, 0.5) is 0 Å². The first kappa shape index (κ1) is 7.55. The minimum Gasteiger partial charge on any atom is -0.392 e. The fourth-order valence-electron chi connectivity index (χ4n) is 1.28. The Labute approximate surface area is 64.6 Å². The summed E-state index contributed by atoms with van der Waals surface area (Å²) in [7, 11) is 0. The highest BCUT2D eigenvalue weighted by molar-refractivity contribution is 9.10. The lowest BCUT2D eigenvalue weighted by Gasteiger charge is -2.32. The first-order chi connectivity index (χ1) is 4.13. The summed E-state index contributed by atoms with van der Waals surface area (Å²) in [5.41, 5.74) is 0. The van der Waals surface area contributed by atoms with Gasteiger partial charge in [0.05, 0.1) is 6.10 Å². The van der Waals surface area contributed by atoms with Gasteiger partial charge in [0, 0.05) is 4.32 Å². The molecule has 2 atom stereocenters. The predicted octanol–water partition coefficient (Wildman–Crippen LogP) is 2.07. The molecule has 2 heteroatoms. The summed E-state index contributed by atoms with van der Waals surface area (Å²) in [6.07, 6.45) is 4.36. The van der Waals surface area contributed by atoms with Crippen molar-refractivity contribution in [2.45, 2.75) is 43.0 Å². The Morgan fingerprint density at radius 1 is 1.56 bits per heavy atom. The Kier molecular flexibility index (Phi) is 2.17. The number of aliphatic hydroxyl groups excluding tert-OH is 1. The lowest BCUT2D eigenvalue weighted by atomic mass is 9.88. The number of hydrogen-bond acceptors (Lipinski definition) is 1. The summed E-state index contributed by atoms with van der Waals surface area (Å²) in [5, 5.41) is 9.39. The molecular formula is C7H13BrO. The molecule has 0 spiro atoms. The van der Waals surface area contributed by atoms with E-state index in [0.29, 0.717) is 0 Å². The van der Waals surface area contributed by atoms with Gasteiger partial charge in [-0.1, -0.05) is 28.8 Å². The topological polar surface area (TPSA) is 20.2 Å². The van der Waals surface area contributed by atoms with E-state index < -0.39 is 0 Å². The van der Waals surface area contributed by atoms with Crippen molar-refractivity contribution in [3.05, 3.63) is 0 Å². The molecule has 0 radical (unpaired) electrons. The van der Waals surface area contributed by atoms with E-state index in [0.717, 1.165) is 12.8 Å². The van der Waals surface area contributed by atoms with Crippen molar-refractivity contribution in [3.8, 4) is 0 Å². The number of hydrogen-bond donors (Lipinski definition) is 1. The van der Waals surface area contributed by atoms with E-state index in [-0.39, 0.29) is 10.4 Å². The van der Waals surface area contributed by atoms with Crippen LogP contribution in [0.2, 0.25) is 0 Å². The smallest absolute Gasteiger partial charge is 0.0690 e. The molecule has 0 aromatic rings. The molecule has 1 aliphatic rings. The second-order valence-corrected chi connectivity index (χ2v) is 4.85. The Bertz CT molecular complexity index is 101. The van der Waals surface area contributed by atoms with Crippen LogP contribution in [0.25, 0.3) is 0 Å². The van der Waals surface area contributed by atoms with Gasteiger partial charge in [-0.05, 0) is 19.8 Å². The van der Waals surface area contributed by atoms with E-state index in [1.807, 2.05) is 0 Å². The highest BCUT2D eigenvalue weighted by Crippen LogP contribution is 2.35. The van der Waals surface area contributed by atoms with Crippen LogP contribution in [0.1, 0.15) is 32.6 Å². The van der Waals surface area contributed by atoms with Crippen molar-refractivity contribution in [1.29, 1.82) is 0 Å². The van der Waals surface area contributed by atoms with Gasteiger partial charge in [0.1, 0.15) is 0 Å². The quantitative estimate of drug-likeness (QED) is 0.584. The highest BCUT2D eigenvalue weighted by atomic mass is 79.9. The zero-order valence-corrected chi connectivity index (χ0v) is 7.32. The average molecular weight is 193 g/mol. The number of aliphatic hydroxyl groups is 1. The van der Waals surface area contributed by atoms with Crippen LogP contribution in [-0.2, 0) is 0 Å². The fraction of sp³-hybridized carbons (Fsp3) is 1.00. The third-order valence-corrected chi connectivity index (χ3v) is 3.01. The van der Waals surface area contributed by atoms with Crippen LogP contribution in [0.5, 0.6) is 0 Å². The molecule has 0 aromatic heterocycles. The maximum atomic E-state index is 9.39. The maximum Gasteiger partial charge on any atom is 0.0690 e. The van der Waals surface area contributed by atoms with Gasteiger partial charge in [0.25, 0.3) is 0 Å². The van der Waals surface area contributed by atoms with Crippen molar-refractivity contribution in [3.63, 3.8) is 0 Å². The van der Waals surface area contributed by atoms with Crippen molar-refractivity contribution >= 4 is 15.9 Å².